The number of hydrogen-bond acceptors (Lipinski definition) is 2. The highest BCUT2D eigenvalue weighted by molar-refractivity contribution is 5.85. The van der Waals surface area contributed by atoms with Gasteiger partial charge in [-0.05, 0) is 37.0 Å². The molecule has 0 radical (unpaired) electrons. The fourth-order valence-electron chi connectivity index (χ4n) is 2.71. The second-order valence-corrected chi connectivity index (χ2v) is 5.49. The number of carboxylic acids is 1. The first-order valence-corrected chi connectivity index (χ1v) is 6.02. The van der Waals surface area contributed by atoms with Crippen LogP contribution in [0.2, 0.25) is 0 Å². The lowest BCUT2D eigenvalue weighted by Gasteiger charge is -2.20. The van der Waals surface area contributed by atoms with E-state index < -0.39 is 12.0 Å². The molecule has 2 rings (SSSR count). The summed E-state index contributed by atoms with van der Waals surface area (Å²) in [6.45, 7) is 3.62. The van der Waals surface area contributed by atoms with Crippen LogP contribution in [0.15, 0.2) is 0 Å². The fraction of sp³-hybridized carbons (Fsp3) is 0.833. The molecule has 2 fully saturated rings. The van der Waals surface area contributed by atoms with Crippen molar-refractivity contribution in [3.8, 4) is 0 Å². The molecule has 3 atom stereocenters. The summed E-state index contributed by atoms with van der Waals surface area (Å²) in [5.41, 5.74) is 0. The maximum absolute atomic E-state index is 11.9. The van der Waals surface area contributed by atoms with Crippen molar-refractivity contribution < 1.29 is 14.7 Å². The smallest absolute Gasteiger partial charge is 0.326 e. The van der Waals surface area contributed by atoms with Crippen LogP contribution >= 0.6 is 0 Å². The fourth-order valence-corrected chi connectivity index (χ4v) is 2.71. The number of fused-ring (bicyclic) bond motifs is 1. The Morgan fingerprint density at radius 1 is 1.19 bits per heavy atom. The first kappa shape index (κ1) is 11.4. The largest absolute Gasteiger partial charge is 0.480 e. The van der Waals surface area contributed by atoms with Gasteiger partial charge in [-0.3, -0.25) is 4.79 Å². The lowest BCUT2D eigenvalue weighted by Crippen LogP contribution is -2.46. The first-order chi connectivity index (χ1) is 7.49. The van der Waals surface area contributed by atoms with E-state index in [4.69, 9.17) is 5.11 Å². The van der Waals surface area contributed by atoms with Crippen molar-refractivity contribution in [1.82, 2.24) is 5.32 Å². The second kappa shape index (κ2) is 4.07. The highest BCUT2D eigenvalue weighted by Crippen LogP contribution is 2.54. The highest BCUT2D eigenvalue weighted by Gasteiger charge is 2.48. The van der Waals surface area contributed by atoms with Crippen LogP contribution in [-0.2, 0) is 9.59 Å². The van der Waals surface area contributed by atoms with E-state index in [2.05, 4.69) is 5.32 Å². The quantitative estimate of drug-likeness (QED) is 0.757. The Balaban J connectivity index is 1.87. The monoisotopic (exact) mass is 225 g/mol. The number of carbonyl (C=O) groups is 2. The molecule has 0 aromatic rings. The summed E-state index contributed by atoms with van der Waals surface area (Å²) in [4.78, 5) is 22.8. The molecule has 2 aliphatic carbocycles. The topological polar surface area (TPSA) is 66.4 Å². The third kappa shape index (κ3) is 2.20. The SMILES string of the molecule is CC(C)[C@H](NC(=O)C1CC2CC2C1)C(=O)O. The van der Waals surface area contributed by atoms with E-state index in [1.807, 2.05) is 13.8 Å². The zero-order valence-corrected chi connectivity index (χ0v) is 9.77. The van der Waals surface area contributed by atoms with E-state index in [9.17, 15) is 9.59 Å². The summed E-state index contributed by atoms with van der Waals surface area (Å²) in [5, 5.41) is 11.6. The van der Waals surface area contributed by atoms with Crippen molar-refractivity contribution in [3.63, 3.8) is 0 Å². The number of carboxylic acid groups (broad SMARTS) is 1. The molecule has 0 saturated heterocycles. The number of rotatable bonds is 4. The summed E-state index contributed by atoms with van der Waals surface area (Å²) >= 11 is 0. The van der Waals surface area contributed by atoms with Gasteiger partial charge in [0.05, 0.1) is 0 Å². The molecule has 0 bridgehead atoms. The Morgan fingerprint density at radius 3 is 2.19 bits per heavy atom. The molecule has 0 spiro atoms. The first-order valence-electron chi connectivity index (χ1n) is 6.02. The molecular weight excluding hydrogens is 206 g/mol. The summed E-state index contributed by atoms with van der Waals surface area (Å²) in [7, 11) is 0. The van der Waals surface area contributed by atoms with Gasteiger partial charge in [-0.1, -0.05) is 13.8 Å². The zero-order valence-electron chi connectivity index (χ0n) is 9.77. The predicted molar refractivity (Wildman–Crippen MR) is 58.7 cm³/mol. The molecule has 0 aliphatic heterocycles. The Kier molecular flexibility index (Phi) is 2.91. The molecule has 0 aromatic heterocycles. The molecule has 2 aliphatic rings. The lowest BCUT2D eigenvalue weighted by molar-refractivity contribution is -0.143. The molecule has 0 heterocycles. The van der Waals surface area contributed by atoms with E-state index in [1.54, 1.807) is 0 Å². The minimum absolute atomic E-state index is 0.0596. The average Bonchev–Trinajstić information content (AvgIpc) is 2.81. The van der Waals surface area contributed by atoms with Crippen LogP contribution in [0, 0.1) is 23.7 Å². The minimum Gasteiger partial charge on any atom is -0.480 e. The molecule has 2 saturated carbocycles. The van der Waals surface area contributed by atoms with Crippen LogP contribution in [0.1, 0.15) is 33.1 Å². The van der Waals surface area contributed by atoms with Crippen molar-refractivity contribution in [1.29, 1.82) is 0 Å². The normalized spacial score (nSPS) is 33.3. The lowest BCUT2D eigenvalue weighted by atomic mass is 9.99. The van der Waals surface area contributed by atoms with Crippen molar-refractivity contribution in [2.45, 2.75) is 39.2 Å². The molecule has 90 valence electrons. The standard InChI is InChI=1S/C12H19NO3/c1-6(2)10(12(15)16)13-11(14)9-4-7-3-8(7)5-9/h6-10H,3-5H2,1-2H3,(H,13,14)(H,15,16)/t7?,8?,9?,10-/m0/s1. The van der Waals surface area contributed by atoms with Crippen molar-refractivity contribution in [3.05, 3.63) is 0 Å². The molecule has 2 N–H and O–H groups in total. The van der Waals surface area contributed by atoms with Gasteiger partial charge in [0.25, 0.3) is 0 Å². The van der Waals surface area contributed by atoms with Crippen LogP contribution in [0.25, 0.3) is 0 Å². The van der Waals surface area contributed by atoms with Gasteiger partial charge >= 0.3 is 5.97 Å². The van der Waals surface area contributed by atoms with Crippen LogP contribution in [-0.4, -0.2) is 23.0 Å². The Morgan fingerprint density at radius 2 is 1.75 bits per heavy atom. The Labute approximate surface area is 95.4 Å². The van der Waals surface area contributed by atoms with Crippen LogP contribution < -0.4 is 5.32 Å². The third-order valence-electron chi connectivity index (χ3n) is 3.84. The summed E-state index contributed by atoms with van der Waals surface area (Å²) in [5.74, 6) is 0.484. The third-order valence-corrected chi connectivity index (χ3v) is 3.84. The Hall–Kier alpha value is -1.06. The van der Waals surface area contributed by atoms with Crippen LogP contribution in [0.3, 0.4) is 0 Å². The van der Waals surface area contributed by atoms with E-state index in [1.165, 1.54) is 6.42 Å². The molecule has 16 heavy (non-hydrogen) atoms. The maximum atomic E-state index is 11.9. The molecule has 4 heteroatoms. The minimum atomic E-state index is -0.938. The van der Waals surface area contributed by atoms with E-state index in [-0.39, 0.29) is 17.7 Å². The van der Waals surface area contributed by atoms with Gasteiger partial charge in [-0.15, -0.1) is 0 Å². The highest BCUT2D eigenvalue weighted by atomic mass is 16.4. The van der Waals surface area contributed by atoms with E-state index in [0.717, 1.165) is 24.7 Å². The number of carbonyl (C=O) groups excluding carboxylic acids is 1. The second-order valence-electron chi connectivity index (χ2n) is 5.49. The molecule has 4 nitrogen and oxygen atoms in total. The van der Waals surface area contributed by atoms with Gasteiger partial charge in [-0.2, -0.15) is 0 Å². The number of aliphatic carboxylic acids is 1. The zero-order chi connectivity index (χ0) is 11.9. The average molecular weight is 225 g/mol. The van der Waals surface area contributed by atoms with Crippen LogP contribution in [0.5, 0.6) is 0 Å². The summed E-state index contributed by atoms with van der Waals surface area (Å²) in [6.07, 6.45) is 3.19. The summed E-state index contributed by atoms with van der Waals surface area (Å²) in [6, 6.07) is -0.746. The number of hydrogen-bond donors (Lipinski definition) is 2. The van der Waals surface area contributed by atoms with Gasteiger partial charge in [-0.25, -0.2) is 4.79 Å². The Bertz CT molecular complexity index is 303. The molecule has 1 amide bonds. The van der Waals surface area contributed by atoms with Crippen molar-refractivity contribution in [2.75, 3.05) is 0 Å². The number of amides is 1. The van der Waals surface area contributed by atoms with Gasteiger partial charge in [0.1, 0.15) is 6.04 Å². The van der Waals surface area contributed by atoms with Crippen molar-refractivity contribution >= 4 is 11.9 Å². The van der Waals surface area contributed by atoms with Gasteiger partial charge in [0.2, 0.25) is 5.91 Å². The van der Waals surface area contributed by atoms with Crippen molar-refractivity contribution in [2.24, 2.45) is 23.7 Å². The van der Waals surface area contributed by atoms with Gasteiger partial charge < -0.3 is 10.4 Å². The van der Waals surface area contributed by atoms with E-state index in [0.29, 0.717) is 0 Å². The van der Waals surface area contributed by atoms with Gasteiger partial charge in [0.15, 0.2) is 0 Å². The van der Waals surface area contributed by atoms with Crippen LogP contribution in [0.4, 0.5) is 0 Å². The predicted octanol–water partition coefficient (Wildman–Crippen LogP) is 1.26. The molecule has 2 unspecified atom stereocenters. The maximum Gasteiger partial charge on any atom is 0.326 e. The van der Waals surface area contributed by atoms with Gasteiger partial charge in [0, 0.05) is 5.92 Å². The molecular formula is C12H19NO3. The molecule has 0 aromatic carbocycles. The number of nitrogens with one attached hydrogen (secondary N) is 1. The van der Waals surface area contributed by atoms with E-state index >= 15 is 0 Å². The summed E-state index contributed by atoms with van der Waals surface area (Å²) < 4.78 is 0.